The number of piperidine rings is 2. The second kappa shape index (κ2) is 3.77. The molecule has 2 bridgehead atoms. The molecule has 2 saturated heterocycles. The van der Waals surface area contributed by atoms with Crippen molar-refractivity contribution < 1.29 is 18.0 Å². The van der Waals surface area contributed by atoms with E-state index in [1.807, 2.05) is 0 Å². The Balaban J connectivity index is 1.85. The maximum atomic E-state index is 12.1. The molecule has 19 heavy (non-hydrogen) atoms. The van der Waals surface area contributed by atoms with Gasteiger partial charge in [-0.15, -0.1) is 5.10 Å². The number of hydrogen-bond donors (Lipinski definition) is 3. The van der Waals surface area contributed by atoms with Crippen molar-refractivity contribution in [1.29, 1.82) is 0 Å². The van der Waals surface area contributed by atoms with E-state index in [-0.39, 0.29) is 29.6 Å². The fraction of sp³-hybridized carbons (Fsp3) is 0.400. The van der Waals surface area contributed by atoms with Crippen LogP contribution in [-0.2, 0) is 19.6 Å². The molecule has 4 aliphatic rings. The van der Waals surface area contributed by atoms with Crippen molar-refractivity contribution in [2.75, 3.05) is 0 Å². The van der Waals surface area contributed by atoms with Crippen LogP contribution in [0.1, 0.15) is 12.8 Å². The van der Waals surface area contributed by atoms with Crippen LogP contribution in [-0.4, -0.2) is 31.6 Å². The van der Waals surface area contributed by atoms with Crippen molar-refractivity contribution >= 4 is 27.7 Å². The molecule has 4 rings (SSSR count). The van der Waals surface area contributed by atoms with Gasteiger partial charge in [0.15, 0.2) is 0 Å². The molecule has 0 aromatic heterocycles. The van der Waals surface area contributed by atoms with Gasteiger partial charge in [0, 0.05) is 24.1 Å². The third-order valence-corrected chi connectivity index (χ3v) is 4.93. The Kier molecular flexibility index (Phi) is 2.40. The largest absolute Gasteiger partial charge is 0.295 e. The smallest absolute Gasteiger partial charge is 0.247 e. The van der Waals surface area contributed by atoms with Crippen molar-refractivity contribution in [3.8, 4) is 0 Å². The third-order valence-electron chi connectivity index (χ3n) is 3.41. The summed E-state index contributed by atoms with van der Waals surface area (Å²) in [6.45, 7) is 0. The Hall–Kier alpha value is -1.96. The minimum absolute atomic E-state index is 0.0648. The Bertz CT molecular complexity index is 666. The van der Waals surface area contributed by atoms with Crippen LogP contribution in [0.25, 0.3) is 0 Å². The number of hydrazone groups is 1. The van der Waals surface area contributed by atoms with E-state index in [0.717, 1.165) is 0 Å². The molecule has 0 radical (unpaired) electrons. The summed E-state index contributed by atoms with van der Waals surface area (Å²) in [5, 5.41) is 5.65. The van der Waals surface area contributed by atoms with Gasteiger partial charge in [-0.25, -0.2) is 8.42 Å². The molecule has 3 aliphatic heterocycles. The number of imide groups is 1. The van der Waals surface area contributed by atoms with Gasteiger partial charge < -0.3 is 0 Å². The maximum Gasteiger partial charge on any atom is 0.247 e. The first kappa shape index (κ1) is 12.1. The number of nitrogens with zero attached hydrogens (tertiary/aromatic N) is 1. The van der Waals surface area contributed by atoms with E-state index in [1.165, 1.54) is 12.3 Å². The van der Waals surface area contributed by atoms with Gasteiger partial charge in [-0.3, -0.25) is 20.3 Å². The third kappa shape index (κ3) is 1.79. The second-order valence-electron chi connectivity index (χ2n) is 4.67. The molecule has 3 heterocycles. The molecule has 9 heteroatoms. The Morgan fingerprint density at radius 1 is 1.42 bits per heavy atom. The number of sulfonamides is 1. The monoisotopic (exact) mass is 282 g/mol. The highest BCUT2D eigenvalue weighted by Gasteiger charge is 2.59. The number of nitrogens with one attached hydrogen (secondary N) is 3. The second-order valence-corrected chi connectivity index (χ2v) is 6.35. The number of fused-ring (bicyclic) bond motifs is 2. The standard InChI is InChI=1S/C10H10N4O4S/c15-8-6-3-10(4-6,9(16)13-8)14-19(17,18)7-1-2-11-12-5-7/h1,5-6,12,14H,3-4H2,(H,13,15,16). The lowest BCUT2D eigenvalue weighted by atomic mass is 9.65. The summed E-state index contributed by atoms with van der Waals surface area (Å²) in [7, 11) is -3.86. The van der Waals surface area contributed by atoms with Crippen LogP contribution >= 0.6 is 0 Å². The van der Waals surface area contributed by atoms with E-state index >= 15 is 0 Å². The zero-order valence-corrected chi connectivity index (χ0v) is 10.5. The Labute approximate surface area is 108 Å². The fourth-order valence-corrected chi connectivity index (χ4v) is 3.66. The zero-order chi connectivity index (χ0) is 13.7. The summed E-state index contributed by atoms with van der Waals surface area (Å²) >= 11 is 0. The van der Waals surface area contributed by atoms with Gasteiger partial charge in [0.1, 0.15) is 10.4 Å². The van der Waals surface area contributed by atoms with Gasteiger partial charge in [-0.05, 0) is 12.8 Å². The first-order chi connectivity index (χ1) is 8.93. The molecule has 1 aliphatic carbocycles. The Morgan fingerprint density at radius 3 is 2.74 bits per heavy atom. The number of hydrogen-bond acceptors (Lipinski definition) is 6. The maximum absolute atomic E-state index is 12.1. The molecule has 8 nitrogen and oxygen atoms in total. The molecule has 0 atom stereocenters. The van der Waals surface area contributed by atoms with Crippen LogP contribution in [0.3, 0.4) is 0 Å². The predicted octanol–water partition coefficient (Wildman–Crippen LogP) is -1.70. The summed E-state index contributed by atoms with van der Waals surface area (Å²) in [6.07, 6.45) is 2.79. The normalized spacial score (nSPS) is 32.2. The number of carbonyl (C=O) groups excluding carboxylic acids is 2. The van der Waals surface area contributed by atoms with Gasteiger partial charge in [-0.1, -0.05) is 0 Å². The van der Waals surface area contributed by atoms with Gasteiger partial charge >= 0.3 is 0 Å². The van der Waals surface area contributed by atoms with E-state index < -0.39 is 21.5 Å². The van der Waals surface area contributed by atoms with Crippen molar-refractivity contribution in [1.82, 2.24) is 15.5 Å². The highest BCUT2D eigenvalue weighted by Crippen LogP contribution is 2.42. The highest BCUT2D eigenvalue weighted by molar-refractivity contribution is 7.93. The molecule has 3 fully saturated rings. The molecule has 3 N–H and O–H groups in total. The summed E-state index contributed by atoms with van der Waals surface area (Å²) in [4.78, 5) is 23.0. The highest BCUT2D eigenvalue weighted by atomic mass is 32.2. The predicted molar refractivity (Wildman–Crippen MR) is 63.9 cm³/mol. The zero-order valence-electron chi connectivity index (χ0n) is 9.63. The lowest BCUT2D eigenvalue weighted by Gasteiger charge is -2.49. The number of allylic oxidation sites excluding steroid dienone is 1. The molecular weight excluding hydrogens is 272 g/mol. The van der Waals surface area contributed by atoms with Crippen molar-refractivity contribution in [2.45, 2.75) is 18.4 Å². The molecule has 100 valence electrons. The average Bonchev–Trinajstić information content (AvgIpc) is 2.32. The molecule has 1 saturated carbocycles. The van der Waals surface area contributed by atoms with Crippen LogP contribution in [0.2, 0.25) is 0 Å². The van der Waals surface area contributed by atoms with Crippen LogP contribution in [0.5, 0.6) is 0 Å². The topological polar surface area (TPSA) is 117 Å². The van der Waals surface area contributed by atoms with Crippen LogP contribution in [0.15, 0.2) is 22.3 Å². The fourth-order valence-electron chi connectivity index (χ4n) is 2.36. The van der Waals surface area contributed by atoms with Crippen LogP contribution < -0.4 is 15.5 Å². The molecule has 0 unspecified atom stereocenters. The minimum Gasteiger partial charge on any atom is -0.295 e. The van der Waals surface area contributed by atoms with E-state index in [1.54, 1.807) is 0 Å². The molecule has 0 spiro atoms. The van der Waals surface area contributed by atoms with Gasteiger partial charge in [0.05, 0.1) is 0 Å². The number of carbonyl (C=O) groups is 2. The number of rotatable bonds is 3. The molecule has 0 aromatic rings. The first-order valence-corrected chi connectivity index (χ1v) is 7.05. The van der Waals surface area contributed by atoms with E-state index in [0.29, 0.717) is 0 Å². The quantitative estimate of drug-likeness (QED) is 0.533. The van der Waals surface area contributed by atoms with Crippen molar-refractivity contribution in [3.05, 3.63) is 17.2 Å². The van der Waals surface area contributed by atoms with Crippen molar-refractivity contribution in [3.63, 3.8) is 0 Å². The lowest BCUT2D eigenvalue weighted by molar-refractivity contribution is -0.151. The van der Waals surface area contributed by atoms with Gasteiger partial charge in [0.2, 0.25) is 21.8 Å². The van der Waals surface area contributed by atoms with E-state index in [4.69, 9.17) is 0 Å². The van der Waals surface area contributed by atoms with E-state index in [2.05, 4.69) is 26.4 Å². The SMILES string of the molecule is O=C1NC(=O)C2(NS(=O)(=O)C3=CNN=C=C3)CC1C2. The van der Waals surface area contributed by atoms with Crippen LogP contribution in [0.4, 0.5) is 0 Å². The van der Waals surface area contributed by atoms with Crippen LogP contribution in [0, 0.1) is 5.92 Å². The summed E-state index contributed by atoms with van der Waals surface area (Å²) in [5.74, 6) is 1.14. The summed E-state index contributed by atoms with van der Waals surface area (Å²) < 4.78 is 26.6. The summed E-state index contributed by atoms with van der Waals surface area (Å²) in [6, 6.07) is 0. The minimum atomic E-state index is -3.86. The Morgan fingerprint density at radius 2 is 2.16 bits per heavy atom. The number of amides is 2. The average molecular weight is 282 g/mol. The van der Waals surface area contributed by atoms with Crippen molar-refractivity contribution in [2.24, 2.45) is 11.0 Å². The van der Waals surface area contributed by atoms with Gasteiger partial charge in [-0.2, -0.15) is 4.72 Å². The van der Waals surface area contributed by atoms with Gasteiger partial charge in [0.25, 0.3) is 0 Å². The molecular formula is C10H10N4O4S. The molecule has 2 amide bonds. The van der Waals surface area contributed by atoms with E-state index in [9.17, 15) is 18.0 Å². The molecule has 0 aromatic carbocycles. The lowest BCUT2D eigenvalue weighted by Crippen LogP contribution is -2.73. The first-order valence-electron chi connectivity index (χ1n) is 5.56. The summed E-state index contributed by atoms with van der Waals surface area (Å²) in [5.41, 5.74) is 1.16.